The Balaban J connectivity index is 1.56. The summed E-state index contributed by atoms with van der Waals surface area (Å²) in [6.07, 6.45) is 4.51. The molecule has 0 fully saturated rings. The lowest BCUT2D eigenvalue weighted by molar-refractivity contribution is -0.142. The number of hydrogen-bond acceptors (Lipinski definition) is 7. The van der Waals surface area contributed by atoms with Crippen LogP contribution in [0.4, 0.5) is 0 Å². The van der Waals surface area contributed by atoms with Crippen molar-refractivity contribution in [1.82, 2.24) is 25.9 Å². The summed E-state index contributed by atoms with van der Waals surface area (Å²) in [6, 6.07) is 10.2. The average Bonchev–Trinajstić information content (AvgIpc) is 3.70. The normalized spacial score (nSPS) is 13.4. The Kier molecular flexibility index (Phi) is 13.3. The highest BCUT2D eigenvalue weighted by molar-refractivity contribution is 5.95. The molecule has 17 heteroatoms. The maximum atomic E-state index is 13.9. The molecule has 0 aliphatic carbocycles. The topological polar surface area (TPSA) is 311 Å². The number of aliphatic carboxylic acids is 1. The van der Waals surface area contributed by atoms with E-state index in [1.165, 1.54) is 0 Å². The van der Waals surface area contributed by atoms with Crippen molar-refractivity contribution in [1.29, 1.82) is 0 Å². The van der Waals surface area contributed by atoms with Gasteiger partial charge in [0.2, 0.25) is 17.7 Å². The molecule has 0 aliphatic heterocycles. The molecule has 2 heterocycles. The average molecular weight is 703 g/mol. The second-order valence-electron chi connectivity index (χ2n) is 12.2. The predicted octanol–water partition coefficient (Wildman–Crippen LogP) is -0.592. The van der Waals surface area contributed by atoms with E-state index < -0.39 is 47.9 Å². The van der Waals surface area contributed by atoms with E-state index in [1.807, 2.05) is 48.5 Å². The highest BCUT2D eigenvalue weighted by Gasteiger charge is 2.31. The predicted molar refractivity (Wildman–Crippen MR) is 195 cm³/mol. The molecule has 3 amide bonds. The summed E-state index contributed by atoms with van der Waals surface area (Å²) in [6.45, 7) is 0.452. The fraction of sp³-hybridized carbons (Fsp3) is 0.353. The van der Waals surface area contributed by atoms with Gasteiger partial charge in [-0.3, -0.25) is 24.4 Å². The molecule has 16 N–H and O–H groups in total. The van der Waals surface area contributed by atoms with Gasteiger partial charge in [0.25, 0.3) is 0 Å². The molecule has 0 saturated carbocycles. The number of benzene rings is 2. The fourth-order valence-corrected chi connectivity index (χ4v) is 5.70. The van der Waals surface area contributed by atoms with Gasteiger partial charge in [0.1, 0.15) is 18.1 Å². The van der Waals surface area contributed by atoms with Crippen molar-refractivity contribution in [3.05, 3.63) is 72.1 Å². The first-order chi connectivity index (χ1) is 24.4. The third-order valence-corrected chi connectivity index (χ3v) is 8.33. The van der Waals surface area contributed by atoms with Crippen LogP contribution in [0.5, 0.6) is 0 Å². The molecule has 272 valence electrons. The van der Waals surface area contributed by atoms with Gasteiger partial charge >= 0.3 is 5.97 Å². The maximum absolute atomic E-state index is 13.9. The highest BCUT2D eigenvalue weighted by Crippen LogP contribution is 2.21. The lowest BCUT2D eigenvalue weighted by atomic mass is 10.0. The number of nitrogens with two attached hydrogens (primary N) is 5. The number of carbonyl (C=O) groups excluding carboxylic acids is 3. The number of nitrogens with zero attached hydrogens (tertiary/aromatic N) is 2. The molecule has 0 saturated heterocycles. The van der Waals surface area contributed by atoms with E-state index in [4.69, 9.17) is 28.7 Å². The quantitative estimate of drug-likeness (QED) is 0.0335. The van der Waals surface area contributed by atoms with E-state index in [0.717, 1.165) is 21.8 Å². The van der Waals surface area contributed by atoms with E-state index in [0.29, 0.717) is 24.0 Å². The Hall–Kier alpha value is -6.10. The minimum absolute atomic E-state index is 0.0105. The van der Waals surface area contributed by atoms with E-state index >= 15 is 0 Å². The smallest absolute Gasteiger partial charge is 0.326 e. The monoisotopic (exact) mass is 702 g/mol. The van der Waals surface area contributed by atoms with Crippen molar-refractivity contribution >= 4 is 57.4 Å². The zero-order valence-corrected chi connectivity index (χ0v) is 28.1. The minimum atomic E-state index is -1.31. The van der Waals surface area contributed by atoms with Crippen LogP contribution >= 0.6 is 0 Å². The van der Waals surface area contributed by atoms with Gasteiger partial charge in [-0.1, -0.05) is 36.4 Å². The van der Waals surface area contributed by atoms with Crippen LogP contribution in [0, 0.1) is 0 Å². The molecule has 4 rings (SSSR count). The van der Waals surface area contributed by atoms with Crippen molar-refractivity contribution < 1.29 is 24.3 Å². The van der Waals surface area contributed by atoms with Crippen LogP contribution in [-0.4, -0.2) is 87.9 Å². The molecule has 0 bridgehead atoms. The molecular weight excluding hydrogens is 656 g/mol. The number of guanidine groups is 2. The summed E-state index contributed by atoms with van der Waals surface area (Å²) in [7, 11) is 0. The number of aromatic nitrogens is 2. The number of rotatable bonds is 19. The first-order valence-electron chi connectivity index (χ1n) is 16.5. The molecule has 0 spiro atoms. The zero-order valence-electron chi connectivity index (χ0n) is 28.1. The minimum Gasteiger partial charge on any atom is -0.480 e. The Labute approximate surface area is 293 Å². The van der Waals surface area contributed by atoms with E-state index in [9.17, 15) is 24.3 Å². The summed E-state index contributed by atoms with van der Waals surface area (Å²) >= 11 is 0. The van der Waals surface area contributed by atoms with Crippen molar-refractivity contribution in [2.24, 2.45) is 38.7 Å². The molecule has 2 aromatic heterocycles. The summed E-state index contributed by atoms with van der Waals surface area (Å²) in [5.41, 5.74) is 30.8. The second-order valence-corrected chi connectivity index (χ2v) is 12.2. The number of nitrogens with one attached hydrogen (secondary N) is 5. The van der Waals surface area contributed by atoms with Crippen molar-refractivity contribution in [3.8, 4) is 0 Å². The SMILES string of the molecule is NC(N)=NCCCC(N)C(=O)NC(CCCN=C(N)N)C(=O)NC(Cc1c[nH]c2ccccc12)C(=O)NC(Cc1c[nH]c2ccccc12)C(=O)O. The number of aromatic amines is 2. The zero-order chi connectivity index (χ0) is 36.9. The van der Waals surface area contributed by atoms with Gasteiger partial charge in [-0.15, -0.1) is 0 Å². The molecular formula is C34H46N12O5. The standard InChI is InChI=1S/C34H46N12O5/c35-23(9-5-13-40-33(36)37)29(47)44-26(12-6-14-41-34(38)39)30(48)45-27(15-19-17-42-24-10-3-1-7-21(19)24)31(49)46-28(32(50)51)16-20-18-43-25-11-4-2-8-22(20)25/h1-4,7-8,10-11,17-18,23,26-28,42-43H,5-6,9,12-16,35H2,(H,44,47)(H,45,48)(H,46,49)(H,50,51)(H4,36,37,40)(H4,38,39,41). The number of amides is 3. The summed E-state index contributed by atoms with van der Waals surface area (Å²) in [5, 5.41) is 19.9. The third kappa shape index (κ3) is 10.9. The maximum Gasteiger partial charge on any atom is 0.326 e. The van der Waals surface area contributed by atoms with Crippen LogP contribution in [0.1, 0.15) is 36.8 Å². The van der Waals surface area contributed by atoms with Gasteiger partial charge in [0.15, 0.2) is 11.9 Å². The number of para-hydroxylation sites is 2. The molecule has 0 radical (unpaired) electrons. The molecule has 17 nitrogen and oxygen atoms in total. The Bertz CT molecular complexity index is 1880. The van der Waals surface area contributed by atoms with E-state index in [1.54, 1.807) is 12.4 Å². The fourth-order valence-electron chi connectivity index (χ4n) is 5.70. The molecule has 51 heavy (non-hydrogen) atoms. The van der Waals surface area contributed by atoms with Gasteiger partial charge in [0.05, 0.1) is 6.04 Å². The number of fused-ring (bicyclic) bond motifs is 2. The number of hydrogen-bond donors (Lipinski definition) is 11. The van der Waals surface area contributed by atoms with Crippen molar-refractivity contribution in [2.45, 2.75) is 62.7 Å². The van der Waals surface area contributed by atoms with Gasteiger partial charge in [-0.05, 0) is 48.9 Å². The summed E-state index contributed by atoms with van der Waals surface area (Å²) in [4.78, 5) is 67.4. The number of H-pyrrole nitrogens is 2. The summed E-state index contributed by atoms with van der Waals surface area (Å²) < 4.78 is 0. The van der Waals surface area contributed by atoms with Gasteiger partial charge in [-0.25, -0.2) is 4.79 Å². The number of carbonyl (C=O) groups is 4. The van der Waals surface area contributed by atoms with Gasteiger partial charge in [-0.2, -0.15) is 0 Å². The van der Waals surface area contributed by atoms with Crippen molar-refractivity contribution in [3.63, 3.8) is 0 Å². The molecule has 0 aliphatic rings. The van der Waals surface area contributed by atoms with E-state index in [2.05, 4.69) is 35.9 Å². The molecule has 4 unspecified atom stereocenters. The Morgan fingerprint density at radius 3 is 1.63 bits per heavy atom. The highest BCUT2D eigenvalue weighted by atomic mass is 16.4. The number of carboxylic acid groups (broad SMARTS) is 1. The van der Waals surface area contributed by atoms with Crippen LogP contribution in [0.3, 0.4) is 0 Å². The first-order valence-corrected chi connectivity index (χ1v) is 16.5. The lowest BCUT2D eigenvalue weighted by Crippen LogP contribution is -2.57. The Morgan fingerprint density at radius 1 is 0.647 bits per heavy atom. The van der Waals surface area contributed by atoms with Crippen LogP contribution in [-0.2, 0) is 32.0 Å². The number of carboxylic acids is 1. The molecule has 4 aromatic rings. The largest absolute Gasteiger partial charge is 0.480 e. The van der Waals surface area contributed by atoms with Crippen LogP contribution < -0.4 is 44.6 Å². The Morgan fingerprint density at radius 2 is 1.10 bits per heavy atom. The van der Waals surface area contributed by atoms with E-state index in [-0.39, 0.29) is 50.7 Å². The first kappa shape index (κ1) is 37.7. The third-order valence-electron chi connectivity index (χ3n) is 8.33. The van der Waals surface area contributed by atoms with Gasteiger partial charge < -0.3 is 59.7 Å². The van der Waals surface area contributed by atoms with Crippen LogP contribution in [0.15, 0.2) is 70.9 Å². The molecule has 4 atom stereocenters. The van der Waals surface area contributed by atoms with Gasteiger partial charge in [0, 0.05) is 60.1 Å². The second kappa shape index (κ2) is 18.1. The lowest BCUT2D eigenvalue weighted by Gasteiger charge is -2.25. The van der Waals surface area contributed by atoms with Crippen LogP contribution in [0.25, 0.3) is 21.8 Å². The molecule has 2 aromatic carbocycles. The summed E-state index contributed by atoms with van der Waals surface area (Å²) in [5.74, 6) is -3.44. The van der Waals surface area contributed by atoms with Crippen LogP contribution in [0.2, 0.25) is 0 Å². The van der Waals surface area contributed by atoms with Crippen molar-refractivity contribution in [2.75, 3.05) is 13.1 Å². The number of aliphatic imine (C=N–C) groups is 2.